The molecule has 0 aromatic rings. The van der Waals surface area contributed by atoms with Crippen molar-refractivity contribution in [2.24, 2.45) is 16.9 Å². The molecule has 3 unspecified atom stereocenters. The Morgan fingerprint density at radius 2 is 2.07 bits per heavy atom. The monoisotopic (exact) mass is 206 g/mol. The maximum Gasteiger partial charge on any atom is 0.391 e. The smallest absolute Gasteiger partial charge is 0.306 e. The summed E-state index contributed by atoms with van der Waals surface area (Å²) in [6.07, 6.45) is -3.01. The average Bonchev–Trinajstić information content (AvgIpc) is 2.46. The zero-order valence-electron chi connectivity index (χ0n) is 7.93. The first kappa shape index (κ1) is 9.80. The van der Waals surface area contributed by atoms with Gasteiger partial charge < -0.3 is 5.43 Å². The lowest BCUT2D eigenvalue weighted by Gasteiger charge is -2.32. The number of hydrazone groups is 1. The van der Waals surface area contributed by atoms with E-state index in [1.54, 1.807) is 0 Å². The maximum absolute atomic E-state index is 12.4. The van der Waals surface area contributed by atoms with Gasteiger partial charge in [0.15, 0.2) is 0 Å². The van der Waals surface area contributed by atoms with Crippen molar-refractivity contribution in [2.75, 3.05) is 0 Å². The molecular formula is C9H13F3N2. The average molecular weight is 206 g/mol. The van der Waals surface area contributed by atoms with Gasteiger partial charge >= 0.3 is 6.18 Å². The molecule has 14 heavy (non-hydrogen) atoms. The van der Waals surface area contributed by atoms with Crippen molar-refractivity contribution in [2.45, 2.75) is 38.4 Å². The largest absolute Gasteiger partial charge is 0.391 e. The van der Waals surface area contributed by atoms with E-state index in [0.717, 1.165) is 5.71 Å². The van der Waals surface area contributed by atoms with Crippen LogP contribution in [-0.4, -0.2) is 17.9 Å². The molecule has 3 atom stereocenters. The molecule has 1 aliphatic heterocycles. The van der Waals surface area contributed by atoms with E-state index in [-0.39, 0.29) is 24.8 Å². The number of halogens is 3. The number of rotatable bonds is 0. The summed E-state index contributed by atoms with van der Waals surface area (Å²) in [7, 11) is 0. The zero-order valence-corrected chi connectivity index (χ0v) is 7.93. The minimum Gasteiger partial charge on any atom is -0.306 e. The SMILES string of the molecule is CC1=NNC2CC(C(F)(F)F)CCC12. The standard InChI is InChI=1S/C9H13F3N2/c1-5-7-3-2-6(9(10,11)12)4-8(7)14-13-5/h6-8,14H,2-4H2,1H3. The Labute approximate surface area is 80.6 Å². The van der Waals surface area contributed by atoms with Gasteiger partial charge in [0.05, 0.1) is 12.0 Å². The topological polar surface area (TPSA) is 24.4 Å². The summed E-state index contributed by atoms with van der Waals surface area (Å²) in [5.74, 6) is -0.911. The van der Waals surface area contributed by atoms with E-state index in [1.807, 2.05) is 6.92 Å². The molecule has 0 radical (unpaired) electrons. The summed E-state index contributed by atoms with van der Waals surface area (Å²) in [4.78, 5) is 0. The Bertz CT molecular complexity index is 259. The highest BCUT2D eigenvalue weighted by Gasteiger charge is 2.46. The lowest BCUT2D eigenvalue weighted by atomic mass is 9.77. The maximum atomic E-state index is 12.4. The normalized spacial score (nSPS) is 37.4. The predicted molar refractivity (Wildman–Crippen MR) is 46.9 cm³/mol. The van der Waals surface area contributed by atoms with Gasteiger partial charge in [-0.3, -0.25) is 0 Å². The highest BCUT2D eigenvalue weighted by Crippen LogP contribution is 2.41. The first-order valence-electron chi connectivity index (χ1n) is 4.85. The van der Waals surface area contributed by atoms with Crippen molar-refractivity contribution < 1.29 is 13.2 Å². The van der Waals surface area contributed by atoms with Gasteiger partial charge in [0, 0.05) is 11.6 Å². The first-order valence-corrected chi connectivity index (χ1v) is 4.85. The molecule has 1 heterocycles. The van der Waals surface area contributed by atoms with Crippen molar-refractivity contribution in [3.63, 3.8) is 0 Å². The van der Waals surface area contributed by atoms with E-state index in [4.69, 9.17) is 0 Å². The number of hydrogen-bond donors (Lipinski definition) is 1. The van der Waals surface area contributed by atoms with Gasteiger partial charge in [-0.25, -0.2) is 0 Å². The third-order valence-electron chi connectivity index (χ3n) is 3.26. The number of fused-ring (bicyclic) bond motifs is 1. The molecule has 0 amide bonds. The Morgan fingerprint density at radius 3 is 2.71 bits per heavy atom. The summed E-state index contributed by atoms with van der Waals surface area (Å²) in [5, 5.41) is 4.00. The summed E-state index contributed by atoms with van der Waals surface area (Å²) < 4.78 is 37.3. The predicted octanol–water partition coefficient (Wildman–Crippen LogP) is 2.31. The second-order valence-electron chi connectivity index (χ2n) is 4.15. The molecule has 1 N–H and O–H groups in total. The molecule has 0 aromatic heterocycles. The molecule has 2 nitrogen and oxygen atoms in total. The van der Waals surface area contributed by atoms with Crippen LogP contribution in [0.15, 0.2) is 5.10 Å². The molecule has 2 aliphatic rings. The van der Waals surface area contributed by atoms with E-state index < -0.39 is 12.1 Å². The summed E-state index contributed by atoms with van der Waals surface area (Å²) in [6, 6.07) is -0.0876. The summed E-state index contributed by atoms with van der Waals surface area (Å²) in [5.41, 5.74) is 3.75. The van der Waals surface area contributed by atoms with E-state index in [1.165, 1.54) is 0 Å². The molecule has 0 spiro atoms. The van der Waals surface area contributed by atoms with Crippen molar-refractivity contribution in [1.29, 1.82) is 0 Å². The van der Waals surface area contributed by atoms with Crippen LogP contribution in [0, 0.1) is 11.8 Å². The molecule has 1 fully saturated rings. The van der Waals surface area contributed by atoms with Gasteiger partial charge in [-0.15, -0.1) is 0 Å². The lowest BCUT2D eigenvalue weighted by molar-refractivity contribution is -0.184. The van der Waals surface area contributed by atoms with Gasteiger partial charge in [-0.1, -0.05) is 0 Å². The molecule has 1 aliphatic carbocycles. The van der Waals surface area contributed by atoms with E-state index >= 15 is 0 Å². The first-order chi connectivity index (χ1) is 6.48. The fraction of sp³-hybridized carbons (Fsp3) is 0.889. The Kier molecular flexibility index (Phi) is 2.20. The number of nitrogens with one attached hydrogen (secondary N) is 1. The molecule has 0 aromatic carbocycles. The fourth-order valence-electron chi connectivity index (χ4n) is 2.38. The highest BCUT2D eigenvalue weighted by molar-refractivity contribution is 5.86. The van der Waals surface area contributed by atoms with Gasteiger partial charge in [-0.2, -0.15) is 18.3 Å². The van der Waals surface area contributed by atoms with Crippen LogP contribution in [-0.2, 0) is 0 Å². The third-order valence-corrected chi connectivity index (χ3v) is 3.26. The van der Waals surface area contributed by atoms with E-state index in [9.17, 15) is 13.2 Å². The van der Waals surface area contributed by atoms with Crippen LogP contribution >= 0.6 is 0 Å². The minimum atomic E-state index is -4.04. The van der Waals surface area contributed by atoms with Gasteiger partial charge in [0.25, 0.3) is 0 Å². The molecule has 0 saturated heterocycles. The number of nitrogens with zero attached hydrogens (tertiary/aromatic N) is 1. The van der Waals surface area contributed by atoms with Crippen LogP contribution < -0.4 is 5.43 Å². The minimum absolute atomic E-state index is 0.0876. The van der Waals surface area contributed by atoms with Crippen LogP contribution in [0.2, 0.25) is 0 Å². The van der Waals surface area contributed by atoms with Crippen LogP contribution in [0.4, 0.5) is 13.2 Å². The zero-order chi connectivity index (χ0) is 10.3. The molecule has 2 rings (SSSR count). The second kappa shape index (κ2) is 3.14. The lowest BCUT2D eigenvalue weighted by Crippen LogP contribution is -2.40. The Morgan fingerprint density at radius 1 is 1.36 bits per heavy atom. The Balaban J connectivity index is 2.02. The van der Waals surface area contributed by atoms with Crippen molar-refractivity contribution >= 4 is 5.71 Å². The van der Waals surface area contributed by atoms with Gasteiger partial charge in [0.2, 0.25) is 0 Å². The van der Waals surface area contributed by atoms with Gasteiger partial charge in [-0.05, 0) is 26.2 Å². The molecule has 5 heteroatoms. The number of hydrogen-bond acceptors (Lipinski definition) is 2. The van der Waals surface area contributed by atoms with E-state index in [0.29, 0.717) is 6.42 Å². The van der Waals surface area contributed by atoms with E-state index in [2.05, 4.69) is 10.5 Å². The quantitative estimate of drug-likeness (QED) is 0.646. The van der Waals surface area contributed by atoms with Crippen molar-refractivity contribution in [3.8, 4) is 0 Å². The van der Waals surface area contributed by atoms with Gasteiger partial charge in [0.1, 0.15) is 0 Å². The van der Waals surface area contributed by atoms with Crippen LogP contribution in [0.25, 0.3) is 0 Å². The number of alkyl halides is 3. The van der Waals surface area contributed by atoms with Crippen molar-refractivity contribution in [3.05, 3.63) is 0 Å². The third kappa shape index (κ3) is 1.60. The van der Waals surface area contributed by atoms with Crippen LogP contribution in [0.1, 0.15) is 26.2 Å². The summed E-state index contributed by atoms with van der Waals surface area (Å²) >= 11 is 0. The summed E-state index contributed by atoms with van der Waals surface area (Å²) in [6.45, 7) is 1.88. The van der Waals surface area contributed by atoms with Crippen LogP contribution in [0.3, 0.4) is 0 Å². The highest BCUT2D eigenvalue weighted by atomic mass is 19.4. The molecule has 80 valence electrons. The fourth-order valence-corrected chi connectivity index (χ4v) is 2.38. The molecule has 0 bridgehead atoms. The molecule has 1 saturated carbocycles. The van der Waals surface area contributed by atoms with Crippen LogP contribution in [0.5, 0.6) is 0 Å². The molecular weight excluding hydrogens is 193 g/mol. The second-order valence-corrected chi connectivity index (χ2v) is 4.15. The Hall–Kier alpha value is -0.740. The van der Waals surface area contributed by atoms with Crippen molar-refractivity contribution in [1.82, 2.24) is 5.43 Å².